The summed E-state index contributed by atoms with van der Waals surface area (Å²) in [6.07, 6.45) is 5.07. The number of nitrogen functional groups attached to an aromatic ring is 1. The summed E-state index contributed by atoms with van der Waals surface area (Å²) in [5.41, 5.74) is 8.77. The standard InChI is InChI=1S/C16H25N3O.3ClH/c17-15-9-13(11-18-5-1-2-6-18)16(20)14(10-15)12-19-7-3-4-8-19;;;/h9-10,20H,1-8,11-12,17H2;3*1H. The average Bonchev–Trinajstić information content (AvgIpc) is 3.08. The molecule has 0 unspecified atom stereocenters. The summed E-state index contributed by atoms with van der Waals surface area (Å²) in [4.78, 5) is 4.79. The van der Waals surface area contributed by atoms with Crippen LogP contribution >= 0.6 is 37.2 Å². The molecule has 0 atom stereocenters. The highest BCUT2D eigenvalue weighted by Crippen LogP contribution is 2.30. The molecule has 2 aliphatic rings. The van der Waals surface area contributed by atoms with E-state index in [2.05, 4.69) is 9.80 Å². The molecule has 7 heteroatoms. The van der Waals surface area contributed by atoms with Crippen molar-refractivity contribution in [2.45, 2.75) is 38.8 Å². The van der Waals surface area contributed by atoms with Gasteiger partial charge in [0.2, 0.25) is 0 Å². The molecule has 0 saturated carbocycles. The fourth-order valence-corrected chi connectivity index (χ4v) is 3.39. The van der Waals surface area contributed by atoms with Crippen LogP contribution in [0, 0.1) is 0 Å². The van der Waals surface area contributed by atoms with Gasteiger partial charge in [-0.05, 0) is 64.0 Å². The molecule has 0 aliphatic carbocycles. The van der Waals surface area contributed by atoms with E-state index in [1.54, 1.807) is 0 Å². The predicted molar refractivity (Wildman–Crippen MR) is 103 cm³/mol. The minimum absolute atomic E-state index is 0. The molecule has 2 fully saturated rings. The number of hydrogen-bond acceptors (Lipinski definition) is 4. The Morgan fingerprint density at radius 1 is 0.783 bits per heavy atom. The van der Waals surface area contributed by atoms with Crippen molar-refractivity contribution in [2.75, 3.05) is 31.9 Å². The van der Waals surface area contributed by atoms with Gasteiger partial charge in [0.1, 0.15) is 5.75 Å². The van der Waals surface area contributed by atoms with Crippen LogP contribution in [0.1, 0.15) is 36.8 Å². The smallest absolute Gasteiger partial charge is 0.124 e. The molecule has 3 rings (SSSR count). The van der Waals surface area contributed by atoms with Crippen LogP contribution < -0.4 is 5.73 Å². The van der Waals surface area contributed by atoms with Crippen molar-refractivity contribution < 1.29 is 5.11 Å². The van der Waals surface area contributed by atoms with Crippen LogP contribution in [0.3, 0.4) is 0 Å². The quantitative estimate of drug-likeness (QED) is 0.617. The molecule has 0 bridgehead atoms. The lowest BCUT2D eigenvalue weighted by molar-refractivity contribution is 0.312. The van der Waals surface area contributed by atoms with Crippen LogP contribution in [0.25, 0.3) is 0 Å². The Morgan fingerprint density at radius 2 is 1.13 bits per heavy atom. The molecule has 0 aromatic heterocycles. The summed E-state index contributed by atoms with van der Waals surface area (Å²) >= 11 is 0. The number of phenols is 1. The molecule has 2 heterocycles. The SMILES string of the molecule is Cl.Cl.Cl.Nc1cc(CN2CCCC2)c(O)c(CN2CCCC2)c1. The average molecular weight is 385 g/mol. The second kappa shape index (κ2) is 10.5. The molecular formula is C16H28Cl3N3O. The van der Waals surface area contributed by atoms with Gasteiger partial charge in [-0.25, -0.2) is 0 Å². The summed E-state index contributed by atoms with van der Waals surface area (Å²) in [6.45, 7) is 6.19. The lowest BCUT2D eigenvalue weighted by atomic mass is 10.1. The summed E-state index contributed by atoms with van der Waals surface area (Å²) < 4.78 is 0. The van der Waals surface area contributed by atoms with Gasteiger partial charge in [0.15, 0.2) is 0 Å². The van der Waals surface area contributed by atoms with Crippen LogP contribution in [-0.4, -0.2) is 41.1 Å². The number of likely N-dealkylation sites (tertiary alicyclic amines) is 2. The van der Waals surface area contributed by atoms with Gasteiger partial charge >= 0.3 is 0 Å². The molecule has 2 saturated heterocycles. The molecule has 2 aliphatic heterocycles. The van der Waals surface area contributed by atoms with Crippen LogP contribution in [0.4, 0.5) is 5.69 Å². The van der Waals surface area contributed by atoms with E-state index in [9.17, 15) is 5.11 Å². The zero-order valence-electron chi connectivity index (χ0n) is 13.4. The Balaban J connectivity index is 0.00000161. The van der Waals surface area contributed by atoms with Crippen molar-refractivity contribution in [3.63, 3.8) is 0 Å². The summed E-state index contributed by atoms with van der Waals surface area (Å²) in [5.74, 6) is 0.456. The van der Waals surface area contributed by atoms with E-state index in [1.807, 2.05) is 12.1 Å². The number of anilines is 1. The molecule has 1 aromatic carbocycles. The lowest BCUT2D eigenvalue weighted by Gasteiger charge is -2.20. The minimum atomic E-state index is 0. The Labute approximate surface area is 157 Å². The van der Waals surface area contributed by atoms with Gasteiger partial charge in [0.25, 0.3) is 0 Å². The van der Waals surface area contributed by atoms with Crippen molar-refractivity contribution in [3.05, 3.63) is 23.3 Å². The fourth-order valence-electron chi connectivity index (χ4n) is 3.39. The minimum Gasteiger partial charge on any atom is -0.507 e. The highest BCUT2D eigenvalue weighted by Gasteiger charge is 2.18. The van der Waals surface area contributed by atoms with E-state index in [-0.39, 0.29) is 37.2 Å². The molecule has 23 heavy (non-hydrogen) atoms. The van der Waals surface area contributed by atoms with E-state index in [0.717, 1.165) is 56.1 Å². The second-order valence-corrected chi connectivity index (χ2v) is 6.15. The second-order valence-electron chi connectivity index (χ2n) is 6.15. The van der Waals surface area contributed by atoms with Crippen LogP contribution in [0.2, 0.25) is 0 Å². The molecule has 0 spiro atoms. The van der Waals surface area contributed by atoms with Crippen LogP contribution in [0.5, 0.6) is 5.75 Å². The first-order valence-corrected chi connectivity index (χ1v) is 7.77. The zero-order valence-corrected chi connectivity index (χ0v) is 15.8. The van der Waals surface area contributed by atoms with Crippen molar-refractivity contribution in [3.8, 4) is 5.75 Å². The van der Waals surface area contributed by atoms with Gasteiger partial charge in [-0.3, -0.25) is 9.80 Å². The molecule has 4 nitrogen and oxygen atoms in total. The predicted octanol–water partition coefficient (Wildman–Crippen LogP) is 3.43. The maximum atomic E-state index is 10.5. The third kappa shape index (κ3) is 5.87. The number of hydrogen-bond donors (Lipinski definition) is 2. The molecule has 3 N–H and O–H groups in total. The first-order chi connectivity index (χ1) is 9.72. The first-order valence-electron chi connectivity index (χ1n) is 7.77. The number of halogens is 3. The third-order valence-electron chi connectivity index (χ3n) is 4.48. The Morgan fingerprint density at radius 3 is 1.48 bits per heavy atom. The molecule has 0 amide bonds. The Kier molecular flexibility index (Phi) is 10.3. The van der Waals surface area contributed by atoms with Gasteiger partial charge in [-0.1, -0.05) is 0 Å². The van der Waals surface area contributed by atoms with Gasteiger partial charge in [-0.2, -0.15) is 0 Å². The normalized spacial score (nSPS) is 18.1. The number of rotatable bonds is 4. The highest BCUT2D eigenvalue weighted by molar-refractivity contribution is 5.86. The fraction of sp³-hybridized carbons (Fsp3) is 0.625. The van der Waals surface area contributed by atoms with Gasteiger partial charge in [-0.15, -0.1) is 37.2 Å². The summed E-state index contributed by atoms with van der Waals surface area (Å²) in [5, 5.41) is 10.5. The summed E-state index contributed by atoms with van der Waals surface area (Å²) in [7, 11) is 0. The van der Waals surface area contributed by atoms with Crippen LogP contribution in [-0.2, 0) is 13.1 Å². The maximum absolute atomic E-state index is 10.5. The van der Waals surface area contributed by atoms with Gasteiger partial charge in [0, 0.05) is 29.9 Å². The largest absolute Gasteiger partial charge is 0.507 e. The number of nitrogens with zero attached hydrogens (tertiary/aromatic N) is 2. The van der Waals surface area contributed by atoms with Crippen LogP contribution in [0.15, 0.2) is 12.1 Å². The van der Waals surface area contributed by atoms with Crippen molar-refractivity contribution in [2.24, 2.45) is 0 Å². The van der Waals surface area contributed by atoms with Crippen molar-refractivity contribution in [1.29, 1.82) is 0 Å². The number of aromatic hydroxyl groups is 1. The van der Waals surface area contributed by atoms with Gasteiger partial charge in [0.05, 0.1) is 0 Å². The Bertz CT molecular complexity index is 437. The lowest BCUT2D eigenvalue weighted by Crippen LogP contribution is -2.20. The number of benzene rings is 1. The first kappa shape index (κ1) is 22.6. The Hall–Kier alpha value is -0.390. The number of phenolic OH excluding ortho intramolecular Hbond substituents is 1. The summed E-state index contributed by atoms with van der Waals surface area (Å²) in [6, 6.07) is 3.86. The third-order valence-corrected chi connectivity index (χ3v) is 4.48. The molecule has 134 valence electrons. The zero-order chi connectivity index (χ0) is 13.9. The van der Waals surface area contributed by atoms with E-state index < -0.39 is 0 Å². The van der Waals surface area contributed by atoms with Gasteiger partial charge < -0.3 is 10.8 Å². The van der Waals surface area contributed by atoms with Crippen molar-refractivity contribution in [1.82, 2.24) is 9.80 Å². The number of nitrogens with two attached hydrogens (primary N) is 1. The van der Waals surface area contributed by atoms with E-state index in [1.165, 1.54) is 25.7 Å². The van der Waals surface area contributed by atoms with Crippen molar-refractivity contribution >= 4 is 42.9 Å². The molecule has 1 aromatic rings. The monoisotopic (exact) mass is 383 g/mol. The molecule has 0 radical (unpaired) electrons. The highest BCUT2D eigenvalue weighted by atomic mass is 35.5. The van der Waals surface area contributed by atoms with E-state index in [0.29, 0.717) is 5.75 Å². The topological polar surface area (TPSA) is 52.7 Å². The molecular weight excluding hydrogens is 357 g/mol. The van der Waals surface area contributed by atoms with E-state index >= 15 is 0 Å². The van der Waals surface area contributed by atoms with E-state index in [4.69, 9.17) is 5.73 Å². The maximum Gasteiger partial charge on any atom is 0.124 e.